The molecule has 0 amide bonds. The number of anilines is 1. The molecule has 8 heteroatoms. The van der Waals surface area contributed by atoms with Gasteiger partial charge in [-0.15, -0.1) is 11.8 Å². The first-order chi connectivity index (χ1) is 15.5. The molecule has 0 saturated carbocycles. The maximum absolute atomic E-state index is 13.4. The van der Waals surface area contributed by atoms with Gasteiger partial charge in [-0.1, -0.05) is 32.0 Å². The minimum absolute atomic E-state index is 0.0440. The third kappa shape index (κ3) is 4.76. The van der Waals surface area contributed by atoms with E-state index < -0.39 is 0 Å². The van der Waals surface area contributed by atoms with E-state index in [0.29, 0.717) is 5.25 Å². The maximum Gasteiger partial charge on any atom is 0.287 e. The van der Waals surface area contributed by atoms with Crippen molar-refractivity contribution in [3.8, 4) is 5.69 Å². The first-order valence-electron chi connectivity index (χ1n) is 11.3. The Labute approximate surface area is 194 Å². The van der Waals surface area contributed by atoms with E-state index in [2.05, 4.69) is 52.4 Å². The minimum atomic E-state index is -0.0440. The van der Waals surface area contributed by atoms with Gasteiger partial charge >= 0.3 is 0 Å². The zero-order valence-corrected chi connectivity index (χ0v) is 20.2. The van der Waals surface area contributed by atoms with E-state index in [9.17, 15) is 4.79 Å². The van der Waals surface area contributed by atoms with Crippen LogP contribution < -0.4 is 10.5 Å². The van der Waals surface area contributed by atoms with Gasteiger partial charge in [-0.05, 0) is 26.0 Å². The van der Waals surface area contributed by atoms with Crippen molar-refractivity contribution >= 4 is 17.4 Å². The molecular formula is C24H32N6OS. The van der Waals surface area contributed by atoms with E-state index >= 15 is 0 Å². The molecule has 0 aliphatic carbocycles. The Kier molecular flexibility index (Phi) is 7.01. The van der Waals surface area contributed by atoms with E-state index in [1.165, 1.54) is 15.9 Å². The van der Waals surface area contributed by atoms with Gasteiger partial charge in [0, 0.05) is 55.8 Å². The number of rotatable bonds is 7. The second-order valence-corrected chi connectivity index (χ2v) is 10.00. The maximum atomic E-state index is 13.4. The topological polar surface area (TPSA) is 59.2 Å². The molecule has 7 nitrogen and oxygen atoms in total. The Balaban J connectivity index is 1.53. The fourth-order valence-corrected chi connectivity index (χ4v) is 5.06. The largest absolute Gasteiger partial charge is 0.367 e. The zero-order chi connectivity index (χ0) is 22.7. The lowest BCUT2D eigenvalue weighted by Gasteiger charge is -2.36. The molecule has 0 unspecified atom stereocenters. The van der Waals surface area contributed by atoms with E-state index in [4.69, 9.17) is 0 Å². The Morgan fingerprint density at radius 1 is 1.03 bits per heavy atom. The number of hydrogen-bond acceptors (Lipinski definition) is 6. The molecule has 32 heavy (non-hydrogen) atoms. The quantitative estimate of drug-likeness (QED) is 0.511. The summed E-state index contributed by atoms with van der Waals surface area (Å²) in [6.07, 6.45) is 3.86. The monoisotopic (exact) mass is 452 g/mol. The number of nitrogens with zero attached hydrogens (tertiary/aromatic N) is 6. The first kappa shape index (κ1) is 22.6. The van der Waals surface area contributed by atoms with E-state index in [1.807, 2.05) is 42.7 Å². The standard InChI is InChI=1S/C24H32N6OS/c1-5-29-19(4)20(15-25-29)17-27-11-13-28(14-12-27)22-16-26-30(21-9-7-6-8-10-21)24(31)23(22)32-18(2)3/h6-10,15-16,18H,5,11-14,17H2,1-4H3. The molecule has 2 aromatic heterocycles. The summed E-state index contributed by atoms with van der Waals surface area (Å²) in [4.78, 5) is 18.9. The highest BCUT2D eigenvalue weighted by Crippen LogP contribution is 2.30. The van der Waals surface area contributed by atoms with Crippen molar-refractivity contribution in [1.82, 2.24) is 24.5 Å². The van der Waals surface area contributed by atoms with Gasteiger partial charge in [0.15, 0.2) is 0 Å². The Morgan fingerprint density at radius 3 is 2.38 bits per heavy atom. The SMILES string of the molecule is CCn1ncc(CN2CCN(c3cnn(-c4ccccc4)c(=O)c3SC(C)C)CC2)c1C. The Bertz CT molecular complexity index is 1100. The van der Waals surface area contributed by atoms with Crippen LogP contribution in [0, 0.1) is 6.92 Å². The zero-order valence-electron chi connectivity index (χ0n) is 19.4. The predicted octanol–water partition coefficient (Wildman–Crippen LogP) is 3.58. The van der Waals surface area contributed by atoms with Crippen LogP contribution in [0.1, 0.15) is 32.0 Å². The van der Waals surface area contributed by atoms with Crippen molar-refractivity contribution in [1.29, 1.82) is 0 Å². The fraction of sp³-hybridized carbons (Fsp3) is 0.458. The first-order valence-corrected chi connectivity index (χ1v) is 12.2. The predicted molar refractivity (Wildman–Crippen MR) is 131 cm³/mol. The van der Waals surface area contributed by atoms with Crippen LogP contribution in [-0.2, 0) is 13.1 Å². The van der Waals surface area contributed by atoms with Gasteiger partial charge in [-0.25, -0.2) is 0 Å². The highest BCUT2D eigenvalue weighted by Gasteiger charge is 2.24. The summed E-state index contributed by atoms with van der Waals surface area (Å²) in [6.45, 7) is 14.0. The number of hydrogen-bond donors (Lipinski definition) is 0. The summed E-state index contributed by atoms with van der Waals surface area (Å²) in [5.74, 6) is 0. The molecule has 1 aliphatic heterocycles. The van der Waals surface area contributed by atoms with Crippen molar-refractivity contribution in [3.05, 3.63) is 64.3 Å². The van der Waals surface area contributed by atoms with Crippen LogP contribution in [0.15, 0.2) is 52.4 Å². The fourth-order valence-electron chi connectivity index (χ4n) is 4.10. The van der Waals surface area contributed by atoms with Gasteiger partial charge in [0.05, 0.1) is 28.7 Å². The molecule has 4 rings (SSSR count). The molecular weight excluding hydrogens is 420 g/mol. The lowest BCUT2D eigenvalue weighted by molar-refractivity contribution is 0.249. The molecule has 1 saturated heterocycles. The molecule has 0 radical (unpaired) electrons. The highest BCUT2D eigenvalue weighted by molar-refractivity contribution is 8.00. The highest BCUT2D eigenvalue weighted by atomic mass is 32.2. The van der Waals surface area contributed by atoms with Gasteiger partial charge in [0.1, 0.15) is 0 Å². The number of aryl methyl sites for hydroxylation is 1. The minimum Gasteiger partial charge on any atom is -0.367 e. The van der Waals surface area contributed by atoms with E-state index in [0.717, 1.165) is 55.5 Å². The summed E-state index contributed by atoms with van der Waals surface area (Å²) in [6, 6.07) is 9.63. The smallest absolute Gasteiger partial charge is 0.287 e. The van der Waals surface area contributed by atoms with Crippen molar-refractivity contribution < 1.29 is 0 Å². The van der Waals surface area contributed by atoms with Crippen molar-refractivity contribution in [3.63, 3.8) is 0 Å². The normalized spacial score (nSPS) is 15.0. The summed E-state index contributed by atoms with van der Waals surface area (Å²) in [5, 5.41) is 9.31. The summed E-state index contributed by atoms with van der Waals surface area (Å²) in [5.41, 5.74) is 4.25. The average Bonchev–Trinajstić information content (AvgIpc) is 3.15. The third-order valence-electron chi connectivity index (χ3n) is 5.88. The van der Waals surface area contributed by atoms with Crippen molar-refractivity contribution in [2.45, 2.75) is 50.9 Å². The van der Waals surface area contributed by atoms with Crippen LogP contribution in [0.3, 0.4) is 0 Å². The molecule has 0 spiro atoms. The van der Waals surface area contributed by atoms with Crippen LogP contribution in [0.25, 0.3) is 5.69 Å². The van der Waals surface area contributed by atoms with Crippen molar-refractivity contribution in [2.75, 3.05) is 31.1 Å². The molecule has 0 N–H and O–H groups in total. The summed E-state index contributed by atoms with van der Waals surface area (Å²) >= 11 is 1.63. The van der Waals surface area contributed by atoms with Crippen molar-refractivity contribution in [2.24, 2.45) is 0 Å². The molecule has 1 aliphatic rings. The van der Waals surface area contributed by atoms with Crippen LogP contribution in [0.5, 0.6) is 0 Å². The second kappa shape index (κ2) is 9.92. The van der Waals surface area contributed by atoms with E-state index in [1.54, 1.807) is 11.8 Å². The van der Waals surface area contributed by atoms with Gasteiger partial charge in [0.2, 0.25) is 0 Å². The Morgan fingerprint density at radius 2 is 1.75 bits per heavy atom. The second-order valence-electron chi connectivity index (χ2n) is 8.41. The van der Waals surface area contributed by atoms with E-state index in [-0.39, 0.29) is 5.56 Å². The molecule has 170 valence electrons. The average molecular weight is 453 g/mol. The number of para-hydroxylation sites is 1. The molecule has 1 aromatic carbocycles. The van der Waals surface area contributed by atoms with Gasteiger partial charge in [-0.2, -0.15) is 14.9 Å². The molecule has 3 aromatic rings. The lowest BCUT2D eigenvalue weighted by atomic mass is 10.2. The number of aromatic nitrogens is 4. The number of benzene rings is 1. The van der Waals surface area contributed by atoms with Gasteiger partial charge < -0.3 is 4.90 Å². The van der Waals surface area contributed by atoms with Gasteiger partial charge in [0.25, 0.3) is 5.56 Å². The molecule has 0 bridgehead atoms. The number of thioether (sulfide) groups is 1. The Hall–Kier alpha value is -2.58. The van der Waals surface area contributed by atoms with Crippen LogP contribution in [0.4, 0.5) is 5.69 Å². The third-order valence-corrected chi connectivity index (χ3v) is 6.97. The molecule has 0 atom stereocenters. The summed E-state index contributed by atoms with van der Waals surface area (Å²) < 4.78 is 3.56. The lowest BCUT2D eigenvalue weighted by Crippen LogP contribution is -2.46. The van der Waals surface area contributed by atoms with Crippen LogP contribution >= 0.6 is 11.8 Å². The molecule has 3 heterocycles. The molecule has 1 fully saturated rings. The van der Waals surface area contributed by atoms with Gasteiger partial charge in [-0.3, -0.25) is 14.4 Å². The number of piperazine rings is 1. The van der Waals surface area contributed by atoms with Crippen LogP contribution in [-0.4, -0.2) is 55.9 Å². The summed E-state index contributed by atoms with van der Waals surface area (Å²) in [7, 11) is 0. The van der Waals surface area contributed by atoms with Crippen LogP contribution in [0.2, 0.25) is 0 Å².